The summed E-state index contributed by atoms with van der Waals surface area (Å²) in [6.45, 7) is 13.0. The van der Waals surface area contributed by atoms with E-state index in [9.17, 15) is 15.2 Å². The average molecular weight is 488 g/mol. The van der Waals surface area contributed by atoms with Crippen molar-refractivity contribution in [2.75, 3.05) is 35.0 Å². The number of nitrogens with zero attached hydrogens (tertiary/aromatic N) is 1. The van der Waals surface area contributed by atoms with E-state index >= 15 is 0 Å². The van der Waals surface area contributed by atoms with Gasteiger partial charge in [0.25, 0.3) is 0 Å². The summed E-state index contributed by atoms with van der Waals surface area (Å²) < 4.78 is 28.2. The topological polar surface area (TPSA) is 110 Å². The highest BCUT2D eigenvalue weighted by molar-refractivity contribution is 6.74. The highest BCUT2D eigenvalue weighted by Gasteiger charge is 2.38. The predicted octanol–water partition coefficient (Wildman–Crippen LogP) is 4.72. The molecule has 1 rings (SSSR count). The fourth-order valence-corrected chi connectivity index (χ4v) is 4.39. The fraction of sp³-hybridized carbons (Fsp3) is 0.739. The Morgan fingerprint density at radius 2 is 1.70 bits per heavy atom. The molecule has 0 saturated carbocycles. The van der Waals surface area contributed by atoms with Crippen molar-refractivity contribution in [2.24, 2.45) is 5.92 Å². The molecule has 1 unspecified atom stereocenters. The van der Waals surface area contributed by atoms with E-state index in [0.29, 0.717) is 24.3 Å². The van der Waals surface area contributed by atoms with E-state index in [4.69, 9.17) is 23.4 Å². The van der Waals surface area contributed by atoms with Crippen LogP contribution in [0.1, 0.15) is 45.8 Å². The van der Waals surface area contributed by atoms with E-state index in [1.807, 2.05) is 6.92 Å². The van der Waals surface area contributed by atoms with Crippen molar-refractivity contribution in [3.8, 4) is 11.5 Å². The number of ether oxygens (including phenoxy) is 4. The second-order valence-electron chi connectivity index (χ2n) is 9.77. The van der Waals surface area contributed by atoms with Crippen LogP contribution in [0.25, 0.3) is 0 Å². The van der Waals surface area contributed by atoms with Gasteiger partial charge in [0.2, 0.25) is 5.75 Å². The normalized spacial score (nSPS) is 16.1. The zero-order chi connectivity index (χ0) is 25.6. The molecule has 4 atom stereocenters. The smallest absolute Gasteiger partial charge is 0.315 e. The van der Waals surface area contributed by atoms with E-state index in [0.717, 1.165) is 0 Å². The minimum absolute atomic E-state index is 0.0655. The fourth-order valence-electron chi connectivity index (χ4n) is 3.36. The molecule has 0 aliphatic heterocycles. The van der Waals surface area contributed by atoms with E-state index in [2.05, 4.69) is 33.9 Å². The Kier molecular flexibility index (Phi) is 10.8. The van der Waals surface area contributed by atoms with Gasteiger partial charge in [-0.1, -0.05) is 27.7 Å². The summed E-state index contributed by atoms with van der Waals surface area (Å²) in [4.78, 5) is 11.0. The Morgan fingerprint density at radius 3 is 2.12 bits per heavy atom. The lowest BCUT2D eigenvalue weighted by Crippen LogP contribution is -2.43. The third-order valence-corrected chi connectivity index (χ3v) is 11.1. The molecule has 0 saturated heterocycles. The first-order valence-electron chi connectivity index (χ1n) is 11.0. The second-order valence-corrected chi connectivity index (χ2v) is 14.6. The molecule has 0 aliphatic rings. The van der Waals surface area contributed by atoms with Crippen LogP contribution in [0, 0.1) is 16.0 Å². The van der Waals surface area contributed by atoms with Gasteiger partial charge in [0, 0.05) is 32.1 Å². The Morgan fingerprint density at radius 1 is 1.09 bits per heavy atom. The van der Waals surface area contributed by atoms with Crippen LogP contribution in [0.3, 0.4) is 0 Å². The Balaban J connectivity index is 3.12. The van der Waals surface area contributed by atoms with Crippen molar-refractivity contribution in [2.45, 2.75) is 70.6 Å². The number of benzene rings is 1. The number of nitro benzene ring substituents is 1. The molecule has 0 amide bonds. The Hall–Kier alpha value is -1.72. The van der Waals surface area contributed by atoms with Gasteiger partial charge in [0.1, 0.15) is 5.75 Å². The first-order valence-corrected chi connectivity index (χ1v) is 13.9. The lowest BCUT2D eigenvalue weighted by Gasteiger charge is -2.37. The first kappa shape index (κ1) is 29.3. The number of hydrogen-bond donors (Lipinski definition) is 1. The van der Waals surface area contributed by atoms with Crippen molar-refractivity contribution in [3.63, 3.8) is 0 Å². The molecule has 190 valence electrons. The molecular formula is C23H41NO8Si. The SMILES string of the molecule is COc1cc([C@H](OC)[C@@H](C)C(O)C[C@@H](CO[Si](C)(C)C(C)(C)C)OC)c(OC)c([N+](=O)[O-])c1. The van der Waals surface area contributed by atoms with Gasteiger partial charge in [-0.2, -0.15) is 0 Å². The maximum Gasteiger partial charge on any atom is 0.315 e. The largest absolute Gasteiger partial charge is 0.496 e. The highest BCUT2D eigenvalue weighted by Crippen LogP contribution is 2.43. The zero-order valence-corrected chi connectivity index (χ0v) is 22.6. The minimum atomic E-state index is -1.96. The monoisotopic (exact) mass is 487 g/mol. The van der Waals surface area contributed by atoms with Crippen LogP contribution in [-0.2, 0) is 13.9 Å². The average Bonchev–Trinajstić information content (AvgIpc) is 2.75. The molecule has 0 fully saturated rings. The van der Waals surface area contributed by atoms with Gasteiger partial charge < -0.3 is 28.5 Å². The third kappa shape index (κ3) is 7.38. The van der Waals surface area contributed by atoms with Gasteiger partial charge in [-0.05, 0) is 24.2 Å². The van der Waals surface area contributed by atoms with Crippen molar-refractivity contribution < 1.29 is 33.4 Å². The van der Waals surface area contributed by atoms with Crippen LogP contribution in [-0.4, -0.2) is 65.6 Å². The van der Waals surface area contributed by atoms with E-state index in [1.165, 1.54) is 27.4 Å². The Bertz CT molecular complexity index is 780. The van der Waals surface area contributed by atoms with E-state index < -0.39 is 31.4 Å². The minimum Gasteiger partial charge on any atom is -0.496 e. The summed E-state index contributed by atoms with van der Waals surface area (Å²) in [7, 11) is 3.92. The molecule has 0 aliphatic carbocycles. The lowest BCUT2D eigenvalue weighted by atomic mass is 9.88. The molecular weight excluding hydrogens is 446 g/mol. The molecule has 10 heteroatoms. The molecule has 1 N–H and O–H groups in total. The van der Waals surface area contributed by atoms with Crippen LogP contribution >= 0.6 is 0 Å². The van der Waals surface area contributed by atoms with Crippen molar-refractivity contribution >= 4 is 14.0 Å². The first-order chi connectivity index (χ1) is 15.2. The molecule has 0 heterocycles. The number of methoxy groups -OCH3 is 4. The zero-order valence-electron chi connectivity index (χ0n) is 21.6. The summed E-state index contributed by atoms with van der Waals surface area (Å²) in [6.07, 6.45) is -1.49. The number of aliphatic hydroxyl groups excluding tert-OH is 1. The number of aliphatic hydroxyl groups is 1. The number of rotatable bonds is 13. The van der Waals surface area contributed by atoms with Gasteiger partial charge in [0.05, 0.1) is 50.1 Å². The van der Waals surface area contributed by atoms with Crippen LogP contribution in [0.5, 0.6) is 11.5 Å². The maximum atomic E-state index is 11.6. The van der Waals surface area contributed by atoms with Crippen LogP contribution in [0.4, 0.5) is 5.69 Å². The van der Waals surface area contributed by atoms with E-state index in [1.54, 1.807) is 13.2 Å². The molecule has 0 aromatic heterocycles. The predicted molar refractivity (Wildman–Crippen MR) is 130 cm³/mol. The van der Waals surface area contributed by atoms with Gasteiger partial charge >= 0.3 is 5.69 Å². The van der Waals surface area contributed by atoms with Gasteiger partial charge in [-0.25, -0.2) is 0 Å². The molecule has 0 spiro atoms. The third-order valence-electron chi connectivity index (χ3n) is 6.63. The molecule has 9 nitrogen and oxygen atoms in total. The summed E-state index contributed by atoms with van der Waals surface area (Å²) in [5.74, 6) is -0.0452. The summed E-state index contributed by atoms with van der Waals surface area (Å²) in [5.41, 5.74) is 0.206. The molecule has 1 aromatic carbocycles. The number of hydrogen-bond acceptors (Lipinski definition) is 8. The summed E-state index contributed by atoms with van der Waals surface area (Å²) >= 11 is 0. The van der Waals surface area contributed by atoms with Crippen LogP contribution in [0.2, 0.25) is 18.1 Å². The van der Waals surface area contributed by atoms with Crippen molar-refractivity contribution in [1.29, 1.82) is 0 Å². The van der Waals surface area contributed by atoms with Crippen LogP contribution in [0.15, 0.2) is 12.1 Å². The standard InChI is InChI=1S/C23H41NO8Si/c1-15(20(25)13-17(29-6)14-32-33(9,10)23(2,3)4)21(30-7)18-11-16(28-5)12-19(24(26)27)22(18)31-8/h11-12,15,17,20-21,25H,13-14H2,1-10H3/t15-,17-,20?,21+/m0/s1. The van der Waals surface area contributed by atoms with E-state index in [-0.39, 0.29) is 22.6 Å². The van der Waals surface area contributed by atoms with Crippen molar-refractivity contribution in [3.05, 3.63) is 27.8 Å². The summed E-state index contributed by atoms with van der Waals surface area (Å²) in [6, 6.07) is 2.94. The molecule has 1 aromatic rings. The second kappa shape index (κ2) is 12.1. The quantitative estimate of drug-likeness (QED) is 0.242. The molecule has 0 bridgehead atoms. The molecule has 0 radical (unpaired) electrons. The number of nitro groups is 1. The van der Waals surface area contributed by atoms with Gasteiger partial charge in [-0.3, -0.25) is 10.1 Å². The van der Waals surface area contributed by atoms with Crippen molar-refractivity contribution in [1.82, 2.24) is 0 Å². The maximum absolute atomic E-state index is 11.6. The summed E-state index contributed by atoms with van der Waals surface area (Å²) in [5, 5.41) is 22.7. The molecule has 33 heavy (non-hydrogen) atoms. The van der Waals surface area contributed by atoms with Gasteiger partial charge in [0.15, 0.2) is 8.32 Å². The highest BCUT2D eigenvalue weighted by atomic mass is 28.4. The van der Waals surface area contributed by atoms with Gasteiger partial charge in [-0.15, -0.1) is 0 Å². The Labute approximate surface area is 198 Å². The lowest BCUT2D eigenvalue weighted by molar-refractivity contribution is -0.385. The van der Waals surface area contributed by atoms with Crippen LogP contribution < -0.4 is 9.47 Å².